The Hall–Kier alpha value is -1.56. The summed E-state index contributed by atoms with van der Waals surface area (Å²) in [4.78, 5) is 11.4. The summed E-state index contributed by atoms with van der Waals surface area (Å²) >= 11 is 5.72. The maximum absolute atomic E-state index is 11.4. The third kappa shape index (κ3) is 2.58. The van der Waals surface area contributed by atoms with E-state index in [0.717, 1.165) is 6.42 Å². The summed E-state index contributed by atoms with van der Waals surface area (Å²) in [7, 11) is 0. The molecule has 17 heavy (non-hydrogen) atoms. The van der Waals surface area contributed by atoms with Crippen molar-refractivity contribution in [2.75, 3.05) is 11.2 Å². The Balaban J connectivity index is 2.30. The van der Waals surface area contributed by atoms with E-state index in [9.17, 15) is 4.79 Å². The fraction of sp³-hybridized carbons (Fsp3) is 0.500. The fourth-order valence-electron chi connectivity index (χ4n) is 1.52. The summed E-state index contributed by atoms with van der Waals surface area (Å²) in [5.41, 5.74) is -0.0232. The summed E-state index contributed by atoms with van der Waals surface area (Å²) < 4.78 is 1.22. The van der Waals surface area contributed by atoms with Crippen LogP contribution in [-0.4, -0.2) is 31.2 Å². The zero-order valence-corrected chi connectivity index (χ0v) is 10.5. The molecule has 0 bridgehead atoms. The van der Waals surface area contributed by atoms with Gasteiger partial charge < -0.3 is 5.32 Å². The zero-order valence-electron chi connectivity index (χ0n) is 9.70. The van der Waals surface area contributed by atoms with Gasteiger partial charge in [0.2, 0.25) is 0 Å². The second kappa shape index (κ2) is 4.37. The van der Waals surface area contributed by atoms with Gasteiger partial charge in [-0.05, 0) is 32.4 Å². The second-order valence-electron chi connectivity index (χ2n) is 4.47. The number of nitrogens with zero attached hydrogens (tertiary/aromatic N) is 3. The molecule has 92 valence electrons. The Labute approximate surface area is 103 Å². The highest BCUT2D eigenvalue weighted by molar-refractivity contribution is 6.17. The van der Waals surface area contributed by atoms with Crippen LogP contribution in [0.4, 0.5) is 5.82 Å². The Kier molecular flexibility index (Phi) is 3.06. The molecule has 0 unspecified atom stereocenters. The summed E-state index contributed by atoms with van der Waals surface area (Å²) in [5, 5.41) is 13.5. The highest BCUT2D eigenvalue weighted by atomic mass is 35.5. The van der Waals surface area contributed by atoms with Crippen LogP contribution in [0, 0.1) is 0 Å². The number of aromatic amines is 1. The Bertz CT molecular complexity index is 573. The van der Waals surface area contributed by atoms with Crippen molar-refractivity contribution in [3.63, 3.8) is 0 Å². The number of anilines is 1. The van der Waals surface area contributed by atoms with Gasteiger partial charge in [-0.15, -0.1) is 16.7 Å². The average molecular weight is 256 g/mol. The van der Waals surface area contributed by atoms with Crippen molar-refractivity contribution in [2.24, 2.45) is 0 Å². The number of fused-ring (bicyclic) bond motifs is 1. The number of aromatic nitrogens is 4. The monoisotopic (exact) mass is 255 g/mol. The number of halogens is 1. The molecule has 0 amide bonds. The van der Waals surface area contributed by atoms with Crippen molar-refractivity contribution < 1.29 is 0 Å². The topological polar surface area (TPSA) is 75.1 Å². The maximum Gasteiger partial charge on any atom is 0.364 e. The van der Waals surface area contributed by atoms with Crippen molar-refractivity contribution >= 4 is 23.1 Å². The van der Waals surface area contributed by atoms with Crippen molar-refractivity contribution in [3.8, 4) is 0 Å². The highest BCUT2D eigenvalue weighted by Crippen LogP contribution is 2.16. The van der Waals surface area contributed by atoms with Crippen molar-refractivity contribution in [3.05, 3.63) is 22.6 Å². The first-order chi connectivity index (χ1) is 8.02. The van der Waals surface area contributed by atoms with E-state index < -0.39 is 0 Å². The number of H-pyrrole nitrogens is 1. The van der Waals surface area contributed by atoms with Crippen molar-refractivity contribution in [1.29, 1.82) is 0 Å². The zero-order chi connectivity index (χ0) is 12.5. The van der Waals surface area contributed by atoms with E-state index in [1.807, 2.05) is 13.8 Å². The molecule has 2 heterocycles. The molecule has 2 aromatic heterocycles. The first kappa shape index (κ1) is 11.9. The van der Waals surface area contributed by atoms with Crippen LogP contribution in [0.5, 0.6) is 0 Å². The van der Waals surface area contributed by atoms with E-state index in [-0.39, 0.29) is 11.2 Å². The molecule has 2 rings (SSSR count). The van der Waals surface area contributed by atoms with Crippen LogP contribution < -0.4 is 11.0 Å². The molecule has 7 heteroatoms. The van der Waals surface area contributed by atoms with Gasteiger partial charge in [-0.2, -0.15) is 9.61 Å². The van der Waals surface area contributed by atoms with Crippen LogP contribution in [0.15, 0.2) is 16.9 Å². The van der Waals surface area contributed by atoms with Crippen molar-refractivity contribution in [1.82, 2.24) is 19.8 Å². The SMILES string of the molecule is CC(C)(CCCl)Nc1ccc2n[nH]c(=O)n2n1. The van der Waals surface area contributed by atoms with Crippen LogP contribution in [0.1, 0.15) is 20.3 Å². The number of hydrogen-bond donors (Lipinski definition) is 2. The van der Waals surface area contributed by atoms with E-state index in [4.69, 9.17) is 11.6 Å². The molecule has 2 N–H and O–H groups in total. The molecule has 0 spiro atoms. The highest BCUT2D eigenvalue weighted by Gasteiger charge is 2.17. The van der Waals surface area contributed by atoms with E-state index in [1.165, 1.54) is 4.52 Å². The van der Waals surface area contributed by atoms with Crippen LogP contribution in [0.25, 0.3) is 5.65 Å². The average Bonchev–Trinajstić information content (AvgIpc) is 2.60. The molecular weight excluding hydrogens is 242 g/mol. The van der Waals surface area contributed by atoms with Crippen LogP contribution >= 0.6 is 11.6 Å². The van der Waals surface area contributed by atoms with Gasteiger partial charge in [0.05, 0.1) is 0 Å². The van der Waals surface area contributed by atoms with Gasteiger partial charge in [0.15, 0.2) is 5.65 Å². The number of hydrogen-bond acceptors (Lipinski definition) is 4. The normalized spacial score (nSPS) is 11.9. The van der Waals surface area contributed by atoms with Crippen LogP contribution in [-0.2, 0) is 0 Å². The lowest BCUT2D eigenvalue weighted by molar-refractivity contribution is 0.546. The van der Waals surface area contributed by atoms with Crippen LogP contribution in [0.3, 0.4) is 0 Å². The second-order valence-corrected chi connectivity index (χ2v) is 4.84. The summed E-state index contributed by atoms with van der Waals surface area (Å²) in [6.07, 6.45) is 0.800. The first-order valence-corrected chi connectivity index (χ1v) is 5.84. The smallest absolute Gasteiger partial charge is 0.364 e. The standard InChI is InChI=1S/C10H14ClN5O/c1-10(2,5-6-11)12-7-3-4-8-13-14-9(17)16(8)15-7/h3-4H,5-6H2,1-2H3,(H,12,15)(H,14,17). The lowest BCUT2D eigenvalue weighted by Crippen LogP contribution is -2.32. The lowest BCUT2D eigenvalue weighted by Gasteiger charge is -2.25. The van der Waals surface area contributed by atoms with Gasteiger partial charge >= 0.3 is 5.69 Å². The third-order valence-corrected chi connectivity index (χ3v) is 2.65. The minimum Gasteiger partial charge on any atom is -0.364 e. The van der Waals surface area contributed by atoms with Gasteiger partial charge in [-0.25, -0.2) is 9.89 Å². The van der Waals surface area contributed by atoms with E-state index in [0.29, 0.717) is 17.3 Å². The first-order valence-electron chi connectivity index (χ1n) is 5.30. The molecule has 0 saturated heterocycles. The van der Waals surface area contributed by atoms with Gasteiger partial charge in [-0.1, -0.05) is 0 Å². The van der Waals surface area contributed by atoms with Gasteiger partial charge in [-0.3, -0.25) is 0 Å². The number of rotatable bonds is 4. The van der Waals surface area contributed by atoms with Gasteiger partial charge in [0.1, 0.15) is 5.82 Å². The summed E-state index contributed by atoms with van der Waals surface area (Å²) in [6, 6.07) is 3.51. The molecule has 0 aromatic carbocycles. The van der Waals surface area contributed by atoms with Gasteiger partial charge in [0, 0.05) is 11.4 Å². The molecule has 2 aromatic rings. The molecular formula is C10H14ClN5O. The van der Waals surface area contributed by atoms with Gasteiger partial charge in [0.25, 0.3) is 0 Å². The molecule has 0 radical (unpaired) electrons. The summed E-state index contributed by atoms with van der Waals surface area (Å²) in [5.74, 6) is 1.18. The predicted molar refractivity (Wildman–Crippen MR) is 66.6 cm³/mol. The third-order valence-electron chi connectivity index (χ3n) is 2.46. The molecule has 0 fully saturated rings. The Morgan fingerprint density at radius 2 is 2.29 bits per heavy atom. The van der Waals surface area contributed by atoms with E-state index in [1.54, 1.807) is 12.1 Å². The minimum absolute atomic E-state index is 0.171. The quantitative estimate of drug-likeness (QED) is 0.806. The van der Waals surface area contributed by atoms with Crippen molar-refractivity contribution in [2.45, 2.75) is 25.8 Å². The predicted octanol–water partition coefficient (Wildman–Crippen LogP) is 1.24. The number of alkyl halides is 1. The summed E-state index contributed by atoms with van der Waals surface area (Å²) in [6.45, 7) is 4.05. The number of nitrogens with one attached hydrogen (secondary N) is 2. The largest absolute Gasteiger partial charge is 0.364 e. The Morgan fingerprint density at radius 1 is 1.53 bits per heavy atom. The molecule has 0 aliphatic carbocycles. The van der Waals surface area contributed by atoms with E-state index >= 15 is 0 Å². The Morgan fingerprint density at radius 3 is 3.00 bits per heavy atom. The maximum atomic E-state index is 11.4. The molecule has 0 saturated carbocycles. The fourth-order valence-corrected chi connectivity index (χ4v) is 1.99. The molecule has 0 aliphatic heterocycles. The minimum atomic E-state index is -0.348. The molecule has 0 aliphatic rings. The lowest BCUT2D eigenvalue weighted by atomic mass is 10.0. The molecule has 6 nitrogen and oxygen atoms in total. The van der Waals surface area contributed by atoms with E-state index in [2.05, 4.69) is 20.6 Å². The molecule has 0 atom stereocenters. The van der Waals surface area contributed by atoms with Crippen LogP contribution in [0.2, 0.25) is 0 Å².